The number of nitrogens with zero attached hydrogens (tertiary/aromatic N) is 4. The van der Waals surface area contributed by atoms with Crippen LogP contribution in [0.4, 0.5) is 0 Å². The average Bonchev–Trinajstić information content (AvgIpc) is 3.36. The molecule has 3 aromatic rings. The second-order valence-corrected chi connectivity index (χ2v) is 8.10. The molecule has 0 saturated carbocycles. The molecule has 0 spiro atoms. The summed E-state index contributed by atoms with van der Waals surface area (Å²) in [6.07, 6.45) is 5.70. The lowest BCUT2D eigenvalue weighted by atomic mass is 10.1. The fourth-order valence-corrected chi connectivity index (χ4v) is 4.17. The summed E-state index contributed by atoms with van der Waals surface area (Å²) in [4.78, 5) is 10.8. The molecule has 0 unspecified atom stereocenters. The van der Waals surface area contributed by atoms with Gasteiger partial charge in [-0.3, -0.25) is 4.68 Å². The Morgan fingerprint density at radius 2 is 1.93 bits per heavy atom. The maximum atomic E-state index is 4.79. The molecule has 0 aliphatic carbocycles. The summed E-state index contributed by atoms with van der Waals surface area (Å²) >= 11 is 1.80. The number of aromatic nitrogens is 3. The van der Waals surface area contributed by atoms with E-state index in [4.69, 9.17) is 9.98 Å². The summed E-state index contributed by atoms with van der Waals surface area (Å²) in [7, 11) is 0. The highest BCUT2D eigenvalue weighted by molar-refractivity contribution is 14.0. The molecule has 0 bridgehead atoms. The fourth-order valence-electron chi connectivity index (χ4n) is 3.15. The van der Waals surface area contributed by atoms with Gasteiger partial charge in [0.1, 0.15) is 0 Å². The molecule has 6 nitrogen and oxygen atoms in total. The van der Waals surface area contributed by atoms with Crippen molar-refractivity contribution < 1.29 is 0 Å². The highest BCUT2D eigenvalue weighted by atomic mass is 127. The first-order valence-electron chi connectivity index (χ1n) is 10.2. The van der Waals surface area contributed by atoms with Gasteiger partial charge in [-0.15, -0.1) is 35.3 Å². The summed E-state index contributed by atoms with van der Waals surface area (Å²) in [6, 6.07) is 10.4. The molecule has 3 rings (SSSR count). The van der Waals surface area contributed by atoms with E-state index >= 15 is 0 Å². The van der Waals surface area contributed by atoms with Crippen molar-refractivity contribution in [3.63, 3.8) is 0 Å². The van der Waals surface area contributed by atoms with Gasteiger partial charge in [0.05, 0.1) is 23.8 Å². The number of hydrogen-bond acceptors (Lipinski definition) is 4. The highest BCUT2D eigenvalue weighted by Crippen LogP contribution is 2.18. The van der Waals surface area contributed by atoms with Gasteiger partial charge in [-0.05, 0) is 37.5 Å². The third kappa shape index (κ3) is 7.09. The van der Waals surface area contributed by atoms with Crippen LogP contribution < -0.4 is 10.6 Å². The first-order valence-corrected chi connectivity index (χ1v) is 11.0. The van der Waals surface area contributed by atoms with Crippen LogP contribution in [0.5, 0.6) is 0 Å². The fraction of sp³-hybridized carbons (Fsp3) is 0.409. The van der Waals surface area contributed by atoms with Crippen LogP contribution in [0, 0.1) is 6.92 Å². The van der Waals surface area contributed by atoms with Gasteiger partial charge in [0, 0.05) is 36.8 Å². The van der Waals surface area contributed by atoms with Gasteiger partial charge in [0.2, 0.25) is 0 Å². The van der Waals surface area contributed by atoms with Crippen molar-refractivity contribution in [2.24, 2.45) is 4.99 Å². The molecule has 2 heterocycles. The largest absolute Gasteiger partial charge is 0.357 e. The third-order valence-electron chi connectivity index (χ3n) is 4.66. The number of aryl methyl sites for hydroxylation is 2. The molecule has 30 heavy (non-hydrogen) atoms. The van der Waals surface area contributed by atoms with Crippen LogP contribution in [0.1, 0.15) is 40.6 Å². The lowest BCUT2D eigenvalue weighted by molar-refractivity contribution is 0.680. The maximum absolute atomic E-state index is 4.79. The van der Waals surface area contributed by atoms with Gasteiger partial charge < -0.3 is 10.6 Å². The van der Waals surface area contributed by atoms with E-state index < -0.39 is 0 Å². The van der Waals surface area contributed by atoms with E-state index in [-0.39, 0.29) is 24.0 Å². The van der Waals surface area contributed by atoms with Crippen LogP contribution in [0.25, 0.3) is 0 Å². The van der Waals surface area contributed by atoms with Crippen molar-refractivity contribution in [2.75, 3.05) is 13.1 Å². The van der Waals surface area contributed by atoms with E-state index in [9.17, 15) is 0 Å². The molecule has 0 amide bonds. The predicted molar refractivity (Wildman–Crippen MR) is 136 cm³/mol. The van der Waals surface area contributed by atoms with Crippen molar-refractivity contribution >= 4 is 41.3 Å². The molecule has 0 aliphatic rings. The van der Waals surface area contributed by atoms with E-state index in [1.165, 1.54) is 26.7 Å². The number of hydrogen-bond donors (Lipinski definition) is 2. The summed E-state index contributed by atoms with van der Waals surface area (Å²) in [5, 5.41) is 12.3. The minimum absolute atomic E-state index is 0. The molecule has 162 valence electrons. The number of thiazole rings is 1. The average molecular weight is 539 g/mol. The molecule has 1 aromatic carbocycles. The number of aliphatic imine (C=N–C) groups is 1. The van der Waals surface area contributed by atoms with Crippen LogP contribution >= 0.6 is 35.3 Å². The van der Waals surface area contributed by atoms with Gasteiger partial charge in [-0.25, -0.2) is 9.98 Å². The maximum Gasteiger partial charge on any atom is 0.191 e. The molecule has 0 aliphatic heterocycles. The molecule has 2 N–H and O–H groups in total. The highest BCUT2D eigenvalue weighted by Gasteiger charge is 2.07. The van der Waals surface area contributed by atoms with Gasteiger partial charge in [-0.2, -0.15) is 5.10 Å². The molecular formula is C22H31IN6S. The number of rotatable bonds is 9. The monoisotopic (exact) mass is 538 g/mol. The Balaban J connectivity index is 0.00000320. The normalized spacial score (nSPS) is 11.2. The number of benzene rings is 1. The number of halogens is 1. The van der Waals surface area contributed by atoms with Gasteiger partial charge in [0.15, 0.2) is 5.96 Å². The zero-order valence-corrected chi connectivity index (χ0v) is 21.0. The van der Waals surface area contributed by atoms with Crippen molar-refractivity contribution in [3.8, 4) is 0 Å². The Bertz CT molecular complexity index is 920. The molecule has 0 fully saturated rings. The number of guanidine groups is 1. The topological polar surface area (TPSA) is 67.1 Å². The second kappa shape index (κ2) is 12.7. The summed E-state index contributed by atoms with van der Waals surface area (Å²) < 4.78 is 1.94. The van der Waals surface area contributed by atoms with Crippen molar-refractivity contribution in [2.45, 2.75) is 46.7 Å². The standard InChI is InChI=1S/C22H30N6S.HI/c1-4-20-17(3)29-21(27-20)11-13-24-22(23-5-2)25-15-18-9-6-7-10-19(18)16-28-14-8-12-26-28;/h6-10,12,14H,4-5,11,13,15-16H2,1-3H3,(H2,23,24,25);1H. The lowest BCUT2D eigenvalue weighted by Crippen LogP contribution is -2.38. The van der Waals surface area contributed by atoms with E-state index in [0.717, 1.165) is 38.4 Å². The molecule has 0 saturated heterocycles. The van der Waals surface area contributed by atoms with Gasteiger partial charge >= 0.3 is 0 Å². The zero-order valence-electron chi connectivity index (χ0n) is 17.9. The Labute approximate surface area is 200 Å². The number of nitrogens with one attached hydrogen (secondary N) is 2. The first-order chi connectivity index (χ1) is 14.2. The second-order valence-electron chi connectivity index (χ2n) is 6.81. The smallest absolute Gasteiger partial charge is 0.191 e. The van der Waals surface area contributed by atoms with Gasteiger partial charge in [-0.1, -0.05) is 31.2 Å². The molecule has 2 aromatic heterocycles. The third-order valence-corrected chi connectivity index (χ3v) is 5.74. The SMILES string of the molecule is CCNC(=NCc1ccccc1Cn1cccn1)NCCc1nc(CC)c(C)s1.I. The predicted octanol–water partition coefficient (Wildman–Crippen LogP) is 4.17. The molecule has 0 radical (unpaired) electrons. The zero-order chi connectivity index (χ0) is 20.5. The minimum atomic E-state index is 0. The van der Waals surface area contributed by atoms with E-state index in [1.807, 2.05) is 16.9 Å². The Kier molecular flexibility index (Phi) is 10.3. The van der Waals surface area contributed by atoms with Crippen LogP contribution in [-0.4, -0.2) is 33.8 Å². The summed E-state index contributed by atoms with van der Waals surface area (Å²) in [5.74, 6) is 0.838. The molecule has 8 heteroatoms. The van der Waals surface area contributed by atoms with Crippen molar-refractivity contribution in [3.05, 3.63) is 69.4 Å². The first kappa shape index (κ1) is 24.3. The Morgan fingerprint density at radius 1 is 1.13 bits per heavy atom. The Morgan fingerprint density at radius 3 is 2.60 bits per heavy atom. The molecule has 0 atom stereocenters. The van der Waals surface area contributed by atoms with Crippen LogP contribution in [0.2, 0.25) is 0 Å². The van der Waals surface area contributed by atoms with Crippen LogP contribution in [0.3, 0.4) is 0 Å². The van der Waals surface area contributed by atoms with Crippen molar-refractivity contribution in [1.29, 1.82) is 0 Å². The molecular weight excluding hydrogens is 507 g/mol. The van der Waals surface area contributed by atoms with Gasteiger partial charge in [0.25, 0.3) is 0 Å². The van der Waals surface area contributed by atoms with E-state index in [2.05, 4.69) is 60.8 Å². The lowest BCUT2D eigenvalue weighted by Gasteiger charge is -2.12. The minimum Gasteiger partial charge on any atom is -0.357 e. The summed E-state index contributed by atoms with van der Waals surface area (Å²) in [6.45, 7) is 9.42. The van der Waals surface area contributed by atoms with Crippen LogP contribution in [0.15, 0.2) is 47.7 Å². The van der Waals surface area contributed by atoms with Crippen molar-refractivity contribution in [1.82, 2.24) is 25.4 Å². The summed E-state index contributed by atoms with van der Waals surface area (Å²) in [5.41, 5.74) is 3.67. The van der Waals surface area contributed by atoms with E-state index in [0.29, 0.717) is 6.54 Å². The van der Waals surface area contributed by atoms with E-state index in [1.54, 1.807) is 17.5 Å². The quantitative estimate of drug-likeness (QED) is 0.244. The van der Waals surface area contributed by atoms with Crippen LogP contribution in [-0.2, 0) is 25.9 Å². The Hall–Kier alpha value is -1.94.